The highest BCUT2D eigenvalue weighted by molar-refractivity contribution is 7.80. The molecule has 20 heavy (non-hydrogen) atoms. The second-order valence-electron chi connectivity index (χ2n) is 5.45. The summed E-state index contributed by atoms with van der Waals surface area (Å²) in [6.45, 7) is 5.24. The van der Waals surface area contributed by atoms with Crippen LogP contribution in [0.2, 0.25) is 0 Å². The molecule has 0 atom stereocenters. The minimum atomic E-state index is -0.295. The summed E-state index contributed by atoms with van der Waals surface area (Å²) in [6, 6.07) is 4.66. The van der Waals surface area contributed by atoms with Crippen LogP contribution in [0.1, 0.15) is 24.0 Å². The fraction of sp³-hybridized carbons (Fsp3) is 0.533. The normalized spacial score (nSPS) is 15.9. The summed E-state index contributed by atoms with van der Waals surface area (Å²) in [5.41, 5.74) is 7.31. The monoisotopic (exact) mass is 295 g/mol. The zero-order valence-electron chi connectivity index (χ0n) is 11.9. The minimum absolute atomic E-state index is 0.257. The average molecular weight is 295 g/mol. The van der Waals surface area contributed by atoms with Crippen LogP contribution in [0.15, 0.2) is 18.2 Å². The Balaban J connectivity index is 1.92. The molecule has 1 aliphatic heterocycles. The van der Waals surface area contributed by atoms with Gasteiger partial charge in [0.05, 0.1) is 0 Å². The van der Waals surface area contributed by atoms with Crippen LogP contribution in [-0.2, 0) is 6.54 Å². The lowest BCUT2D eigenvalue weighted by atomic mass is 10.1. The molecule has 1 aromatic rings. The molecule has 1 heterocycles. The molecule has 0 aromatic heterocycles. The third-order valence-corrected chi connectivity index (χ3v) is 3.99. The van der Waals surface area contributed by atoms with Gasteiger partial charge in [-0.15, -0.1) is 0 Å². The summed E-state index contributed by atoms with van der Waals surface area (Å²) < 4.78 is 13.3. The van der Waals surface area contributed by atoms with E-state index in [0.29, 0.717) is 5.56 Å². The average Bonchev–Trinajstić information content (AvgIpc) is 2.91. The van der Waals surface area contributed by atoms with Gasteiger partial charge in [0.15, 0.2) is 0 Å². The molecule has 0 spiro atoms. The largest absolute Gasteiger partial charge is 0.389 e. The highest BCUT2D eigenvalue weighted by Crippen LogP contribution is 2.14. The highest BCUT2D eigenvalue weighted by atomic mass is 32.1. The Hall–Kier alpha value is -1.04. The minimum Gasteiger partial charge on any atom is -0.389 e. The number of benzene rings is 1. The highest BCUT2D eigenvalue weighted by Gasteiger charge is 2.13. The van der Waals surface area contributed by atoms with E-state index in [2.05, 4.69) is 16.8 Å². The molecule has 0 aliphatic carbocycles. The summed E-state index contributed by atoms with van der Waals surface area (Å²) in [5, 5.41) is 0. The van der Waals surface area contributed by atoms with Crippen LogP contribution in [0.4, 0.5) is 4.39 Å². The lowest BCUT2D eigenvalue weighted by molar-refractivity contribution is 0.252. The van der Waals surface area contributed by atoms with Crippen LogP contribution in [0.25, 0.3) is 0 Å². The van der Waals surface area contributed by atoms with E-state index in [4.69, 9.17) is 18.0 Å². The third-order valence-electron chi connectivity index (χ3n) is 3.77. The van der Waals surface area contributed by atoms with E-state index in [9.17, 15) is 4.39 Å². The molecule has 2 rings (SSSR count). The van der Waals surface area contributed by atoms with Gasteiger partial charge in [-0.2, -0.15) is 0 Å². The zero-order valence-corrected chi connectivity index (χ0v) is 12.8. The number of likely N-dealkylation sites (N-methyl/N-ethyl adjacent to an activating group) is 1. The Labute approximate surface area is 125 Å². The second-order valence-corrected chi connectivity index (χ2v) is 5.89. The van der Waals surface area contributed by atoms with Crippen LogP contribution in [-0.4, -0.2) is 48.0 Å². The Morgan fingerprint density at radius 2 is 2.10 bits per heavy atom. The molecular weight excluding hydrogens is 273 g/mol. The maximum absolute atomic E-state index is 13.3. The Kier molecular flexibility index (Phi) is 5.46. The Bertz CT molecular complexity index is 472. The molecule has 0 bridgehead atoms. The van der Waals surface area contributed by atoms with Gasteiger partial charge in [0.2, 0.25) is 0 Å². The molecule has 1 aliphatic rings. The van der Waals surface area contributed by atoms with Crippen molar-refractivity contribution in [3.05, 3.63) is 35.1 Å². The number of rotatable bonds is 6. The van der Waals surface area contributed by atoms with Gasteiger partial charge in [0.1, 0.15) is 10.8 Å². The van der Waals surface area contributed by atoms with E-state index >= 15 is 0 Å². The maximum atomic E-state index is 13.3. The van der Waals surface area contributed by atoms with Crippen LogP contribution >= 0.6 is 12.2 Å². The molecule has 0 unspecified atom stereocenters. The molecule has 3 nitrogen and oxygen atoms in total. The number of hydrogen-bond acceptors (Lipinski definition) is 3. The molecule has 0 radical (unpaired) electrons. The quantitative estimate of drug-likeness (QED) is 0.814. The van der Waals surface area contributed by atoms with Crippen molar-refractivity contribution in [2.45, 2.75) is 19.4 Å². The van der Waals surface area contributed by atoms with Crippen molar-refractivity contribution in [2.75, 3.05) is 33.2 Å². The number of nitrogens with two attached hydrogens (primary N) is 1. The molecule has 1 aromatic carbocycles. The van der Waals surface area contributed by atoms with Crippen molar-refractivity contribution in [2.24, 2.45) is 5.73 Å². The fourth-order valence-corrected chi connectivity index (χ4v) is 2.79. The van der Waals surface area contributed by atoms with E-state index in [0.717, 1.165) is 25.2 Å². The summed E-state index contributed by atoms with van der Waals surface area (Å²) in [5.74, 6) is -0.295. The van der Waals surface area contributed by atoms with Gasteiger partial charge >= 0.3 is 0 Å². The number of nitrogens with zero attached hydrogens (tertiary/aromatic N) is 2. The lowest BCUT2D eigenvalue weighted by Gasteiger charge is -2.22. The van der Waals surface area contributed by atoms with E-state index in [-0.39, 0.29) is 10.8 Å². The van der Waals surface area contributed by atoms with Crippen LogP contribution < -0.4 is 5.73 Å². The van der Waals surface area contributed by atoms with E-state index < -0.39 is 0 Å². The Morgan fingerprint density at radius 1 is 1.40 bits per heavy atom. The summed E-state index contributed by atoms with van der Waals surface area (Å²) in [7, 11) is 2.07. The SMILES string of the molecule is CN(CCN1CCCC1)Cc1ccc(F)cc1C(N)=S. The van der Waals surface area contributed by atoms with E-state index in [1.165, 1.54) is 38.1 Å². The van der Waals surface area contributed by atoms with Crippen LogP contribution in [0.3, 0.4) is 0 Å². The van der Waals surface area contributed by atoms with Gasteiger partial charge < -0.3 is 15.5 Å². The van der Waals surface area contributed by atoms with Gasteiger partial charge in [-0.05, 0) is 50.7 Å². The predicted molar refractivity (Wildman–Crippen MR) is 84.3 cm³/mol. The predicted octanol–water partition coefficient (Wildman–Crippen LogP) is 1.99. The fourth-order valence-electron chi connectivity index (χ4n) is 2.60. The molecule has 1 saturated heterocycles. The standard InChI is InChI=1S/C15H22FN3S/c1-18(8-9-19-6-2-3-7-19)11-12-4-5-13(16)10-14(12)15(17)20/h4-5,10H,2-3,6-9,11H2,1H3,(H2,17,20). The molecule has 0 saturated carbocycles. The number of thiocarbonyl (C=S) groups is 1. The molecule has 1 fully saturated rings. The second kappa shape index (κ2) is 7.11. The zero-order chi connectivity index (χ0) is 14.5. The molecule has 0 amide bonds. The first-order valence-electron chi connectivity index (χ1n) is 7.05. The summed E-state index contributed by atoms with van der Waals surface area (Å²) in [6.07, 6.45) is 2.63. The smallest absolute Gasteiger partial charge is 0.123 e. The van der Waals surface area contributed by atoms with E-state index in [1.807, 2.05) is 0 Å². The van der Waals surface area contributed by atoms with Crippen molar-refractivity contribution in [1.29, 1.82) is 0 Å². The van der Waals surface area contributed by atoms with E-state index in [1.54, 1.807) is 6.07 Å². The van der Waals surface area contributed by atoms with Crippen molar-refractivity contribution in [3.8, 4) is 0 Å². The van der Waals surface area contributed by atoms with Gasteiger partial charge in [-0.3, -0.25) is 0 Å². The van der Waals surface area contributed by atoms with Crippen LogP contribution in [0, 0.1) is 5.82 Å². The number of halogens is 1. The van der Waals surface area contributed by atoms with Gasteiger partial charge in [0, 0.05) is 25.2 Å². The molecule has 2 N–H and O–H groups in total. The van der Waals surface area contributed by atoms with Crippen molar-refractivity contribution in [3.63, 3.8) is 0 Å². The number of hydrogen-bond donors (Lipinski definition) is 1. The Morgan fingerprint density at radius 3 is 2.75 bits per heavy atom. The topological polar surface area (TPSA) is 32.5 Å². The maximum Gasteiger partial charge on any atom is 0.123 e. The molecule has 110 valence electrons. The molecular formula is C15H22FN3S. The van der Waals surface area contributed by atoms with Crippen molar-refractivity contribution < 1.29 is 4.39 Å². The summed E-state index contributed by atoms with van der Waals surface area (Å²) in [4.78, 5) is 4.97. The first-order valence-corrected chi connectivity index (χ1v) is 7.46. The first kappa shape index (κ1) is 15.4. The van der Waals surface area contributed by atoms with Gasteiger partial charge in [0.25, 0.3) is 0 Å². The van der Waals surface area contributed by atoms with Gasteiger partial charge in [-0.25, -0.2) is 4.39 Å². The number of likely N-dealkylation sites (tertiary alicyclic amines) is 1. The van der Waals surface area contributed by atoms with Crippen molar-refractivity contribution >= 4 is 17.2 Å². The first-order chi connectivity index (χ1) is 9.56. The van der Waals surface area contributed by atoms with Gasteiger partial charge in [-0.1, -0.05) is 18.3 Å². The van der Waals surface area contributed by atoms with Crippen molar-refractivity contribution in [1.82, 2.24) is 9.80 Å². The lowest BCUT2D eigenvalue weighted by Crippen LogP contribution is -2.31. The summed E-state index contributed by atoms with van der Waals surface area (Å²) >= 11 is 5.00. The third kappa shape index (κ3) is 4.23. The van der Waals surface area contributed by atoms with Crippen LogP contribution in [0.5, 0.6) is 0 Å². The molecule has 5 heteroatoms.